The second-order valence-electron chi connectivity index (χ2n) is 5.44. The monoisotopic (exact) mass is 291 g/mol. The van der Waals surface area contributed by atoms with Crippen LogP contribution in [0, 0.1) is 0 Å². The number of amides is 1. The lowest BCUT2D eigenvalue weighted by atomic mass is 10.2. The molecule has 0 spiro atoms. The quantitative estimate of drug-likeness (QED) is 0.697. The van der Waals surface area contributed by atoms with Crippen LogP contribution >= 0.6 is 0 Å². The summed E-state index contributed by atoms with van der Waals surface area (Å²) in [6.45, 7) is 7.29. The zero-order chi connectivity index (χ0) is 15.5. The third-order valence-corrected chi connectivity index (χ3v) is 3.47. The van der Waals surface area contributed by atoms with Crippen LogP contribution in [0.15, 0.2) is 24.3 Å². The van der Waals surface area contributed by atoms with Crippen LogP contribution in [0.25, 0.3) is 0 Å². The molecule has 1 amide bonds. The summed E-state index contributed by atoms with van der Waals surface area (Å²) >= 11 is 0. The Morgan fingerprint density at radius 3 is 2.43 bits per heavy atom. The van der Waals surface area contributed by atoms with Crippen molar-refractivity contribution in [3.8, 4) is 0 Å². The molecule has 3 N–H and O–H groups in total. The normalized spacial score (nSPS) is 10.9. The molecule has 1 aromatic carbocycles. The molecule has 0 fully saturated rings. The summed E-state index contributed by atoms with van der Waals surface area (Å²) in [4.78, 5) is 14.4. The minimum atomic E-state index is 0.0522. The smallest absolute Gasteiger partial charge is 0.238 e. The maximum absolute atomic E-state index is 12.2. The number of rotatable bonds is 10. The topological polar surface area (TPSA) is 58.4 Å². The van der Waals surface area contributed by atoms with Crippen LogP contribution in [0.1, 0.15) is 45.1 Å². The summed E-state index contributed by atoms with van der Waals surface area (Å²) in [6, 6.07) is 7.72. The van der Waals surface area contributed by atoms with Gasteiger partial charge in [-0.05, 0) is 43.6 Å². The van der Waals surface area contributed by atoms with E-state index in [9.17, 15) is 4.79 Å². The Hall–Kier alpha value is -1.39. The molecule has 0 heterocycles. The van der Waals surface area contributed by atoms with E-state index < -0.39 is 0 Å². The molecule has 0 saturated carbocycles. The van der Waals surface area contributed by atoms with Crippen molar-refractivity contribution in [1.82, 2.24) is 4.90 Å². The molecule has 1 rings (SSSR count). The average molecular weight is 291 g/mol. The Balaban J connectivity index is 2.51. The van der Waals surface area contributed by atoms with Gasteiger partial charge in [-0.2, -0.15) is 0 Å². The first-order chi connectivity index (χ1) is 10.2. The highest BCUT2D eigenvalue weighted by molar-refractivity contribution is 5.92. The van der Waals surface area contributed by atoms with Crippen LogP contribution in [0.4, 0.5) is 5.69 Å². The summed E-state index contributed by atoms with van der Waals surface area (Å²) in [5, 5.41) is 2.96. The number of hydrogen-bond donors (Lipinski definition) is 2. The highest BCUT2D eigenvalue weighted by Gasteiger charge is 2.10. The molecule has 4 heteroatoms. The summed E-state index contributed by atoms with van der Waals surface area (Å²) in [5.74, 6) is 0.0522. The Morgan fingerprint density at radius 2 is 1.86 bits per heavy atom. The van der Waals surface area contributed by atoms with Crippen molar-refractivity contribution in [2.24, 2.45) is 5.73 Å². The number of anilines is 1. The van der Waals surface area contributed by atoms with E-state index >= 15 is 0 Å². The van der Waals surface area contributed by atoms with Crippen molar-refractivity contribution in [2.45, 2.75) is 46.1 Å². The van der Waals surface area contributed by atoms with Gasteiger partial charge in [-0.3, -0.25) is 9.69 Å². The zero-order valence-corrected chi connectivity index (χ0v) is 13.4. The predicted octanol–water partition coefficient (Wildman–Crippen LogP) is 2.99. The van der Waals surface area contributed by atoms with Gasteiger partial charge < -0.3 is 11.1 Å². The Morgan fingerprint density at radius 1 is 1.19 bits per heavy atom. The van der Waals surface area contributed by atoms with Crippen molar-refractivity contribution < 1.29 is 4.79 Å². The molecule has 4 nitrogen and oxygen atoms in total. The molecule has 0 saturated heterocycles. The summed E-state index contributed by atoms with van der Waals surface area (Å²) in [7, 11) is 0. The van der Waals surface area contributed by atoms with Crippen LogP contribution in [0.3, 0.4) is 0 Å². The SMILES string of the molecule is CCCCN(CCCC)CC(=O)Nc1cccc(CN)c1. The van der Waals surface area contributed by atoms with Crippen molar-refractivity contribution in [2.75, 3.05) is 25.0 Å². The largest absolute Gasteiger partial charge is 0.326 e. The van der Waals surface area contributed by atoms with Gasteiger partial charge in [0.2, 0.25) is 5.91 Å². The number of nitrogens with two attached hydrogens (primary N) is 1. The van der Waals surface area contributed by atoms with Crippen LogP contribution in [-0.4, -0.2) is 30.4 Å². The maximum Gasteiger partial charge on any atom is 0.238 e. The van der Waals surface area contributed by atoms with E-state index in [2.05, 4.69) is 24.1 Å². The molecule has 0 atom stereocenters. The molecule has 1 aromatic rings. The molecule has 0 aliphatic rings. The number of carbonyl (C=O) groups is 1. The molecule has 0 aliphatic heterocycles. The molecule has 0 aromatic heterocycles. The Kier molecular flexibility index (Phi) is 8.71. The van der Waals surface area contributed by atoms with Crippen molar-refractivity contribution in [3.05, 3.63) is 29.8 Å². The van der Waals surface area contributed by atoms with E-state index in [0.29, 0.717) is 13.1 Å². The first-order valence-electron chi connectivity index (χ1n) is 8.00. The minimum absolute atomic E-state index is 0.0522. The molecular formula is C17H29N3O. The van der Waals surface area contributed by atoms with Crippen molar-refractivity contribution >= 4 is 11.6 Å². The van der Waals surface area contributed by atoms with Crippen LogP contribution < -0.4 is 11.1 Å². The second-order valence-corrected chi connectivity index (χ2v) is 5.44. The molecular weight excluding hydrogens is 262 g/mol. The predicted molar refractivity (Wildman–Crippen MR) is 89.2 cm³/mol. The first-order valence-corrected chi connectivity index (χ1v) is 8.00. The lowest BCUT2D eigenvalue weighted by Crippen LogP contribution is -2.34. The molecule has 21 heavy (non-hydrogen) atoms. The molecule has 118 valence electrons. The summed E-state index contributed by atoms with van der Waals surface area (Å²) < 4.78 is 0. The van der Waals surface area contributed by atoms with E-state index in [1.54, 1.807) is 0 Å². The van der Waals surface area contributed by atoms with Gasteiger partial charge in [0.1, 0.15) is 0 Å². The van der Waals surface area contributed by atoms with Gasteiger partial charge in [0, 0.05) is 12.2 Å². The highest BCUT2D eigenvalue weighted by Crippen LogP contribution is 2.10. The molecule has 0 bridgehead atoms. The summed E-state index contributed by atoms with van der Waals surface area (Å²) in [6.07, 6.45) is 4.59. The standard InChI is InChI=1S/C17H29N3O/c1-3-5-10-20(11-6-4-2)14-17(21)19-16-9-7-8-15(12-16)13-18/h7-9,12H,3-6,10-11,13-14,18H2,1-2H3,(H,19,21). The van der Waals surface area contributed by atoms with Crippen molar-refractivity contribution in [3.63, 3.8) is 0 Å². The van der Waals surface area contributed by atoms with Crippen molar-refractivity contribution in [1.29, 1.82) is 0 Å². The fourth-order valence-electron chi connectivity index (χ4n) is 2.21. The van der Waals surface area contributed by atoms with E-state index in [1.807, 2.05) is 24.3 Å². The Labute approximate surface area is 128 Å². The van der Waals surface area contributed by atoms with Gasteiger partial charge in [-0.25, -0.2) is 0 Å². The fraction of sp³-hybridized carbons (Fsp3) is 0.588. The fourth-order valence-corrected chi connectivity index (χ4v) is 2.21. The third kappa shape index (κ3) is 7.25. The zero-order valence-electron chi connectivity index (χ0n) is 13.4. The molecule has 0 unspecified atom stereocenters. The van der Waals surface area contributed by atoms with Gasteiger partial charge in [0.25, 0.3) is 0 Å². The average Bonchev–Trinajstić information content (AvgIpc) is 2.50. The van der Waals surface area contributed by atoms with Gasteiger partial charge in [-0.15, -0.1) is 0 Å². The summed E-state index contributed by atoms with van der Waals surface area (Å²) in [5.41, 5.74) is 7.48. The van der Waals surface area contributed by atoms with E-state index in [-0.39, 0.29) is 5.91 Å². The number of benzene rings is 1. The van der Waals surface area contributed by atoms with E-state index in [0.717, 1.165) is 50.0 Å². The lowest BCUT2D eigenvalue weighted by Gasteiger charge is -2.21. The number of nitrogens with zero attached hydrogens (tertiary/aromatic N) is 1. The van der Waals surface area contributed by atoms with Gasteiger partial charge in [0.05, 0.1) is 6.54 Å². The maximum atomic E-state index is 12.2. The van der Waals surface area contributed by atoms with E-state index in [4.69, 9.17) is 5.73 Å². The van der Waals surface area contributed by atoms with Gasteiger partial charge in [-0.1, -0.05) is 38.8 Å². The highest BCUT2D eigenvalue weighted by atomic mass is 16.2. The number of hydrogen-bond acceptors (Lipinski definition) is 3. The first kappa shape index (κ1) is 17.7. The van der Waals surface area contributed by atoms with Crippen LogP contribution in [-0.2, 0) is 11.3 Å². The van der Waals surface area contributed by atoms with Gasteiger partial charge in [0.15, 0.2) is 0 Å². The lowest BCUT2D eigenvalue weighted by molar-refractivity contribution is -0.117. The number of carbonyl (C=O) groups excluding carboxylic acids is 1. The van der Waals surface area contributed by atoms with Gasteiger partial charge >= 0.3 is 0 Å². The van der Waals surface area contributed by atoms with Crippen LogP contribution in [0.5, 0.6) is 0 Å². The second kappa shape index (κ2) is 10.4. The molecule has 0 radical (unpaired) electrons. The number of nitrogens with one attached hydrogen (secondary N) is 1. The number of unbranched alkanes of at least 4 members (excludes halogenated alkanes) is 2. The molecule has 0 aliphatic carbocycles. The Bertz CT molecular complexity index is 412. The third-order valence-electron chi connectivity index (χ3n) is 3.47. The van der Waals surface area contributed by atoms with E-state index in [1.165, 1.54) is 0 Å². The van der Waals surface area contributed by atoms with Crippen LogP contribution in [0.2, 0.25) is 0 Å². The minimum Gasteiger partial charge on any atom is -0.326 e.